The molecule has 0 atom stereocenters. The molecule has 0 bridgehead atoms. The first-order chi connectivity index (χ1) is 8.46. The number of hydrogen-bond acceptors (Lipinski definition) is 3. The van der Waals surface area contributed by atoms with Gasteiger partial charge in [-0.25, -0.2) is 0 Å². The molecule has 0 spiro atoms. The van der Waals surface area contributed by atoms with Crippen LogP contribution in [0.4, 0.5) is 0 Å². The molecule has 0 unspecified atom stereocenters. The molecule has 0 radical (unpaired) electrons. The smallest absolute Gasteiger partial charge is 0.234 e. The van der Waals surface area contributed by atoms with Gasteiger partial charge in [0.2, 0.25) is 5.91 Å². The third-order valence-corrected chi connectivity index (χ3v) is 4.02. The van der Waals surface area contributed by atoms with E-state index in [0.717, 1.165) is 6.54 Å². The summed E-state index contributed by atoms with van der Waals surface area (Å²) in [5.74, 6) is 0.107. The van der Waals surface area contributed by atoms with Crippen molar-refractivity contribution in [3.8, 4) is 0 Å². The fourth-order valence-corrected chi connectivity index (χ4v) is 2.61. The van der Waals surface area contributed by atoms with Crippen LogP contribution in [-0.2, 0) is 4.79 Å². The normalized spacial score (nSPS) is 19.2. The van der Waals surface area contributed by atoms with Gasteiger partial charge in [0, 0.05) is 18.1 Å². The molecule has 106 valence electrons. The van der Waals surface area contributed by atoms with Crippen molar-refractivity contribution in [2.45, 2.75) is 57.5 Å². The van der Waals surface area contributed by atoms with Crippen LogP contribution in [0.25, 0.3) is 0 Å². The molecule has 1 fully saturated rings. The van der Waals surface area contributed by atoms with E-state index in [9.17, 15) is 4.79 Å². The predicted octanol–water partition coefficient (Wildman–Crippen LogP) is 1.37. The zero-order chi connectivity index (χ0) is 13.6. The van der Waals surface area contributed by atoms with Gasteiger partial charge in [-0.3, -0.25) is 4.79 Å². The van der Waals surface area contributed by atoms with Crippen molar-refractivity contribution in [3.63, 3.8) is 0 Å². The Labute approximate surface area is 111 Å². The molecule has 4 heteroatoms. The number of rotatable bonds is 6. The van der Waals surface area contributed by atoms with Crippen LogP contribution >= 0.6 is 0 Å². The maximum Gasteiger partial charge on any atom is 0.234 e. The first-order valence-corrected chi connectivity index (χ1v) is 7.14. The molecule has 0 saturated heterocycles. The number of nitrogens with zero attached hydrogens (tertiary/aromatic N) is 1. The summed E-state index contributed by atoms with van der Waals surface area (Å²) in [5, 5.41) is 6.24. The van der Waals surface area contributed by atoms with Crippen molar-refractivity contribution in [3.05, 3.63) is 0 Å². The molecule has 1 amide bonds. The highest BCUT2D eigenvalue weighted by molar-refractivity contribution is 5.78. The van der Waals surface area contributed by atoms with E-state index in [0.29, 0.717) is 12.6 Å². The molecule has 0 aromatic carbocycles. The SMILES string of the molecule is CC(C)NCC(=O)NCC1(N(C)C)CCCCC1. The Bertz CT molecular complexity index is 258. The zero-order valence-electron chi connectivity index (χ0n) is 12.4. The van der Waals surface area contributed by atoms with Crippen LogP contribution in [0.3, 0.4) is 0 Å². The maximum atomic E-state index is 11.8. The Hall–Kier alpha value is -0.610. The van der Waals surface area contributed by atoms with Gasteiger partial charge in [0.15, 0.2) is 0 Å². The summed E-state index contributed by atoms with van der Waals surface area (Å²) >= 11 is 0. The molecule has 18 heavy (non-hydrogen) atoms. The third kappa shape index (κ3) is 4.58. The van der Waals surface area contributed by atoms with Crippen LogP contribution in [-0.4, -0.2) is 49.6 Å². The fraction of sp³-hybridized carbons (Fsp3) is 0.929. The van der Waals surface area contributed by atoms with Crippen molar-refractivity contribution >= 4 is 5.91 Å². The second-order valence-corrected chi connectivity index (χ2v) is 5.99. The molecule has 0 heterocycles. The molecule has 4 nitrogen and oxygen atoms in total. The van der Waals surface area contributed by atoms with E-state index in [1.807, 2.05) is 0 Å². The second-order valence-electron chi connectivity index (χ2n) is 5.99. The molecule has 0 aliphatic heterocycles. The Kier molecular flexibility index (Phi) is 6.09. The second kappa shape index (κ2) is 7.10. The lowest BCUT2D eigenvalue weighted by Gasteiger charge is -2.43. The largest absolute Gasteiger partial charge is 0.353 e. The minimum absolute atomic E-state index is 0.107. The Balaban J connectivity index is 2.40. The van der Waals surface area contributed by atoms with Crippen LogP contribution < -0.4 is 10.6 Å². The molecule has 0 aromatic heterocycles. The van der Waals surface area contributed by atoms with E-state index in [1.54, 1.807) is 0 Å². The third-order valence-electron chi connectivity index (χ3n) is 4.02. The van der Waals surface area contributed by atoms with Gasteiger partial charge in [-0.05, 0) is 26.9 Å². The van der Waals surface area contributed by atoms with E-state index >= 15 is 0 Å². The van der Waals surface area contributed by atoms with Gasteiger partial charge in [-0.2, -0.15) is 0 Å². The van der Waals surface area contributed by atoms with Gasteiger partial charge in [0.1, 0.15) is 0 Å². The van der Waals surface area contributed by atoms with Crippen molar-refractivity contribution < 1.29 is 4.79 Å². The number of hydrogen-bond donors (Lipinski definition) is 2. The van der Waals surface area contributed by atoms with Gasteiger partial charge in [-0.1, -0.05) is 33.1 Å². The average Bonchev–Trinajstić information content (AvgIpc) is 2.34. The standard InChI is InChI=1S/C14H29N3O/c1-12(2)15-10-13(18)16-11-14(17(3)4)8-6-5-7-9-14/h12,15H,5-11H2,1-4H3,(H,16,18). The number of likely N-dealkylation sites (N-methyl/N-ethyl adjacent to an activating group) is 1. The summed E-state index contributed by atoms with van der Waals surface area (Å²) in [6.45, 7) is 5.30. The van der Waals surface area contributed by atoms with Crippen LogP contribution in [0.2, 0.25) is 0 Å². The highest BCUT2D eigenvalue weighted by Crippen LogP contribution is 2.31. The highest BCUT2D eigenvalue weighted by atomic mass is 16.1. The van der Waals surface area contributed by atoms with E-state index in [-0.39, 0.29) is 11.4 Å². The lowest BCUT2D eigenvalue weighted by Crippen LogP contribution is -2.54. The predicted molar refractivity (Wildman–Crippen MR) is 75.7 cm³/mol. The van der Waals surface area contributed by atoms with E-state index in [4.69, 9.17) is 0 Å². The first kappa shape index (κ1) is 15.4. The number of nitrogens with one attached hydrogen (secondary N) is 2. The highest BCUT2D eigenvalue weighted by Gasteiger charge is 2.34. The summed E-state index contributed by atoms with van der Waals surface area (Å²) in [5.41, 5.74) is 0.172. The topological polar surface area (TPSA) is 44.4 Å². The van der Waals surface area contributed by atoms with E-state index < -0.39 is 0 Å². The molecule has 1 aliphatic rings. The van der Waals surface area contributed by atoms with Crippen molar-refractivity contribution in [2.24, 2.45) is 0 Å². The number of carbonyl (C=O) groups is 1. The first-order valence-electron chi connectivity index (χ1n) is 7.14. The fourth-order valence-electron chi connectivity index (χ4n) is 2.61. The Morgan fingerprint density at radius 2 is 1.83 bits per heavy atom. The summed E-state index contributed by atoms with van der Waals surface area (Å²) in [6.07, 6.45) is 6.27. The van der Waals surface area contributed by atoms with Gasteiger partial charge >= 0.3 is 0 Å². The van der Waals surface area contributed by atoms with Crippen LogP contribution in [0.5, 0.6) is 0 Å². The van der Waals surface area contributed by atoms with Gasteiger partial charge in [0.25, 0.3) is 0 Å². The zero-order valence-corrected chi connectivity index (χ0v) is 12.4. The van der Waals surface area contributed by atoms with Crippen LogP contribution in [0, 0.1) is 0 Å². The number of amides is 1. The van der Waals surface area contributed by atoms with Gasteiger partial charge in [0.05, 0.1) is 6.54 Å². The quantitative estimate of drug-likeness (QED) is 0.753. The minimum atomic E-state index is 0.107. The lowest BCUT2D eigenvalue weighted by atomic mass is 9.80. The van der Waals surface area contributed by atoms with E-state index in [1.165, 1.54) is 32.1 Å². The summed E-state index contributed by atoms with van der Waals surface area (Å²) in [7, 11) is 4.26. The number of carbonyl (C=O) groups excluding carboxylic acids is 1. The van der Waals surface area contributed by atoms with Gasteiger partial charge < -0.3 is 15.5 Å². The monoisotopic (exact) mass is 255 g/mol. The minimum Gasteiger partial charge on any atom is -0.353 e. The van der Waals surface area contributed by atoms with Crippen molar-refractivity contribution in [1.82, 2.24) is 15.5 Å². The van der Waals surface area contributed by atoms with E-state index in [2.05, 4.69) is 43.5 Å². The Morgan fingerprint density at radius 3 is 2.33 bits per heavy atom. The van der Waals surface area contributed by atoms with Crippen LogP contribution in [0.1, 0.15) is 46.0 Å². The van der Waals surface area contributed by atoms with Crippen LogP contribution in [0.15, 0.2) is 0 Å². The molecule has 1 rings (SSSR count). The summed E-state index contributed by atoms with van der Waals surface area (Å²) in [6, 6.07) is 0.355. The molecule has 0 aromatic rings. The van der Waals surface area contributed by atoms with Gasteiger partial charge in [-0.15, -0.1) is 0 Å². The molecule has 1 aliphatic carbocycles. The maximum absolute atomic E-state index is 11.8. The van der Waals surface area contributed by atoms with Crippen molar-refractivity contribution in [1.29, 1.82) is 0 Å². The molecular formula is C14H29N3O. The molecular weight excluding hydrogens is 226 g/mol. The van der Waals surface area contributed by atoms with Crippen molar-refractivity contribution in [2.75, 3.05) is 27.2 Å². The summed E-state index contributed by atoms with van der Waals surface area (Å²) < 4.78 is 0. The lowest BCUT2D eigenvalue weighted by molar-refractivity contribution is -0.121. The molecule has 2 N–H and O–H groups in total. The average molecular weight is 255 g/mol. The summed E-state index contributed by atoms with van der Waals surface area (Å²) in [4.78, 5) is 14.1. The molecule has 1 saturated carbocycles. The Morgan fingerprint density at radius 1 is 1.22 bits per heavy atom.